The molecule has 2 rings (SSSR count). The molecule has 0 aromatic carbocycles. The van der Waals surface area contributed by atoms with Crippen molar-refractivity contribution in [3.8, 4) is 11.4 Å². The number of hydrogen-bond donors (Lipinski definition) is 2. The van der Waals surface area contributed by atoms with Gasteiger partial charge >= 0.3 is 6.09 Å². The van der Waals surface area contributed by atoms with E-state index in [0.717, 1.165) is 0 Å². The van der Waals surface area contributed by atoms with Crippen molar-refractivity contribution in [2.24, 2.45) is 0 Å². The fourth-order valence-electron chi connectivity index (χ4n) is 1.08. The number of carboxylic acid groups (broad SMARTS) is 1. The Labute approximate surface area is 84.6 Å². The second-order valence-electron chi connectivity index (χ2n) is 2.74. The van der Waals surface area contributed by atoms with Gasteiger partial charge in [0.2, 0.25) is 0 Å². The third-order valence-corrected chi connectivity index (χ3v) is 1.71. The maximum Gasteiger partial charge on any atom is 0.409 e. The number of nitrogens with zero attached hydrogens (tertiary/aromatic N) is 2. The Morgan fingerprint density at radius 2 is 2.20 bits per heavy atom. The van der Waals surface area contributed by atoms with E-state index in [9.17, 15) is 4.79 Å². The lowest BCUT2D eigenvalue weighted by molar-refractivity contribution is 0.209. The lowest BCUT2D eigenvalue weighted by Gasteiger charge is -2.00. The molecule has 2 heterocycles. The first-order chi connectivity index (χ1) is 7.25. The third kappa shape index (κ3) is 2.11. The van der Waals surface area contributed by atoms with Gasteiger partial charge in [-0.25, -0.2) is 9.78 Å². The highest BCUT2D eigenvalue weighted by Crippen LogP contribution is 2.15. The molecule has 0 unspecified atom stereocenters. The van der Waals surface area contributed by atoms with Crippen LogP contribution in [0.1, 0.15) is 0 Å². The second kappa shape index (κ2) is 3.79. The molecule has 2 N–H and O–H groups in total. The molecule has 6 heteroatoms. The molecule has 6 nitrogen and oxygen atoms in total. The molecular formula is C9H7N3O3. The van der Waals surface area contributed by atoms with Gasteiger partial charge in [-0.15, -0.1) is 0 Å². The van der Waals surface area contributed by atoms with Gasteiger partial charge < -0.3 is 9.52 Å². The Kier molecular flexibility index (Phi) is 2.32. The van der Waals surface area contributed by atoms with Gasteiger partial charge in [0.1, 0.15) is 12.0 Å². The SMILES string of the molecule is O=C(O)Nc1ccc(-c2cocn2)nc1. The number of carbonyl (C=O) groups is 1. The monoisotopic (exact) mass is 205 g/mol. The number of hydrogen-bond acceptors (Lipinski definition) is 4. The molecule has 76 valence electrons. The quantitative estimate of drug-likeness (QED) is 0.780. The first kappa shape index (κ1) is 9.20. The van der Waals surface area contributed by atoms with Crippen molar-refractivity contribution >= 4 is 11.8 Å². The van der Waals surface area contributed by atoms with Crippen molar-refractivity contribution in [3.05, 3.63) is 31.0 Å². The molecule has 0 saturated carbocycles. The highest BCUT2D eigenvalue weighted by atomic mass is 16.4. The van der Waals surface area contributed by atoms with Crippen LogP contribution in [0.15, 0.2) is 35.4 Å². The summed E-state index contributed by atoms with van der Waals surface area (Å²) in [4.78, 5) is 18.3. The number of pyridine rings is 1. The Balaban J connectivity index is 2.21. The smallest absolute Gasteiger partial charge is 0.409 e. The topological polar surface area (TPSA) is 88.2 Å². The maximum atomic E-state index is 10.3. The standard InChI is InChI=1S/C9H7N3O3/c13-9(14)12-6-1-2-7(10-3-6)8-4-15-5-11-8/h1-5,12H,(H,13,14). The summed E-state index contributed by atoms with van der Waals surface area (Å²) >= 11 is 0. The summed E-state index contributed by atoms with van der Waals surface area (Å²) in [5, 5.41) is 10.6. The Hall–Kier alpha value is -2.37. The van der Waals surface area contributed by atoms with Gasteiger partial charge in [-0.1, -0.05) is 0 Å². The minimum Gasteiger partial charge on any atom is -0.465 e. The summed E-state index contributed by atoms with van der Waals surface area (Å²) in [6.07, 6.45) is 3.07. The zero-order valence-electron chi connectivity index (χ0n) is 7.54. The third-order valence-electron chi connectivity index (χ3n) is 1.71. The molecule has 0 fully saturated rings. The average molecular weight is 205 g/mol. The minimum atomic E-state index is -1.12. The first-order valence-electron chi connectivity index (χ1n) is 4.10. The second-order valence-corrected chi connectivity index (χ2v) is 2.74. The molecular weight excluding hydrogens is 198 g/mol. The summed E-state index contributed by atoms with van der Waals surface area (Å²) in [5.74, 6) is 0. The highest BCUT2D eigenvalue weighted by Gasteiger charge is 2.03. The maximum absolute atomic E-state index is 10.3. The molecule has 0 aliphatic rings. The van der Waals surface area contributed by atoms with Crippen LogP contribution >= 0.6 is 0 Å². The van der Waals surface area contributed by atoms with Gasteiger partial charge in [-0.3, -0.25) is 10.3 Å². The van der Waals surface area contributed by atoms with Gasteiger partial charge in [-0.2, -0.15) is 0 Å². The molecule has 0 radical (unpaired) electrons. The summed E-state index contributed by atoms with van der Waals surface area (Å²) in [7, 11) is 0. The number of rotatable bonds is 2. The van der Waals surface area contributed by atoms with Crippen LogP contribution in [-0.2, 0) is 0 Å². The number of aromatic nitrogens is 2. The van der Waals surface area contributed by atoms with Crippen LogP contribution in [0.25, 0.3) is 11.4 Å². The molecule has 0 bridgehead atoms. The lowest BCUT2D eigenvalue weighted by Crippen LogP contribution is -2.07. The molecule has 0 spiro atoms. The van der Waals surface area contributed by atoms with E-state index in [2.05, 4.69) is 15.3 Å². The number of oxazole rings is 1. The molecule has 0 atom stereocenters. The van der Waals surface area contributed by atoms with Crippen molar-refractivity contribution in [3.63, 3.8) is 0 Å². The van der Waals surface area contributed by atoms with E-state index in [-0.39, 0.29) is 0 Å². The van der Waals surface area contributed by atoms with Crippen LogP contribution in [0.2, 0.25) is 0 Å². The largest absolute Gasteiger partial charge is 0.465 e. The summed E-state index contributed by atoms with van der Waals surface area (Å²) < 4.78 is 4.80. The molecule has 0 saturated heterocycles. The summed E-state index contributed by atoms with van der Waals surface area (Å²) in [6, 6.07) is 3.26. The predicted octanol–water partition coefficient (Wildman–Crippen LogP) is 1.83. The molecule has 2 aromatic heterocycles. The average Bonchev–Trinajstić information content (AvgIpc) is 2.71. The Morgan fingerprint density at radius 3 is 2.73 bits per heavy atom. The zero-order chi connectivity index (χ0) is 10.7. The van der Waals surface area contributed by atoms with Gasteiger partial charge in [0.15, 0.2) is 6.39 Å². The Morgan fingerprint density at radius 1 is 1.33 bits per heavy atom. The number of anilines is 1. The van der Waals surface area contributed by atoms with Gasteiger partial charge in [0.05, 0.1) is 17.6 Å². The lowest BCUT2D eigenvalue weighted by atomic mass is 10.3. The Bertz CT molecular complexity index is 450. The normalized spacial score (nSPS) is 9.87. The molecule has 0 aliphatic heterocycles. The molecule has 2 aromatic rings. The van der Waals surface area contributed by atoms with Crippen molar-refractivity contribution in [1.29, 1.82) is 0 Å². The highest BCUT2D eigenvalue weighted by molar-refractivity contribution is 5.82. The van der Waals surface area contributed by atoms with Crippen LogP contribution in [-0.4, -0.2) is 21.2 Å². The minimum absolute atomic E-state index is 0.412. The molecule has 15 heavy (non-hydrogen) atoms. The fraction of sp³-hybridized carbons (Fsp3) is 0. The molecule has 1 amide bonds. The van der Waals surface area contributed by atoms with E-state index in [1.165, 1.54) is 18.9 Å². The van der Waals surface area contributed by atoms with Crippen LogP contribution < -0.4 is 5.32 Å². The summed E-state index contributed by atoms with van der Waals surface area (Å²) in [6.45, 7) is 0. The fourth-order valence-corrected chi connectivity index (χ4v) is 1.08. The van der Waals surface area contributed by atoms with E-state index in [1.807, 2.05) is 0 Å². The number of amides is 1. The van der Waals surface area contributed by atoms with E-state index in [1.54, 1.807) is 12.1 Å². The van der Waals surface area contributed by atoms with Crippen LogP contribution in [0.4, 0.5) is 10.5 Å². The van der Waals surface area contributed by atoms with E-state index in [0.29, 0.717) is 17.1 Å². The summed E-state index contributed by atoms with van der Waals surface area (Å²) in [5.41, 5.74) is 1.64. The zero-order valence-corrected chi connectivity index (χ0v) is 7.54. The van der Waals surface area contributed by atoms with E-state index in [4.69, 9.17) is 9.52 Å². The molecule has 0 aliphatic carbocycles. The van der Waals surface area contributed by atoms with Crippen LogP contribution in [0, 0.1) is 0 Å². The van der Waals surface area contributed by atoms with Gasteiger partial charge in [0, 0.05) is 0 Å². The number of nitrogens with one attached hydrogen (secondary N) is 1. The predicted molar refractivity (Wildman–Crippen MR) is 51.4 cm³/mol. The van der Waals surface area contributed by atoms with Gasteiger partial charge in [-0.05, 0) is 12.1 Å². The van der Waals surface area contributed by atoms with E-state index >= 15 is 0 Å². The first-order valence-corrected chi connectivity index (χ1v) is 4.10. The van der Waals surface area contributed by atoms with Crippen LogP contribution in [0.3, 0.4) is 0 Å². The van der Waals surface area contributed by atoms with Crippen molar-refractivity contribution < 1.29 is 14.3 Å². The van der Waals surface area contributed by atoms with Crippen molar-refractivity contribution in [1.82, 2.24) is 9.97 Å². The van der Waals surface area contributed by atoms with Crippen molar-refractivity contribution in [2.75, 3.05) is 5.32 Å². The van der Waals surface area contributed by atoms with Crippen LogP contribution in [0.5, 0.6) is 0 Å². The van der Waals surface area contributed by atoms with Crippen molar-refractivity contribution in [2.45, 2.75) is 0 Å². The van der Waals surface area contributed by atoms with E-state index < -0.39 is 6.09 Å². The van der Waals surface area contributed by atoms with Gasteiger partial charge in [0.25, 0.3) is 0 Å².